The Morgan fingerprint density at radius 3 is 2.29 bits per heavy atom. The van der Waals surface area contributed by atoms with Crippen molar-refractivity contribution >= 4 is 29.4 Å². The number of anilines is 1. The van der Waals surface area contributed by atoms with Crippen LogP contribution in [0.1, 0.15) is 57.1 Å². The van der Waals surface area contributed by atoms with Crippen LogP contribution in [0.2, 0.25) is 0 Å². The summed E-state index contributed by atoms with van der Waals surface area (Å²) in [6.07, 6.45) is 6.07. The van der Waals surface area contributed by atoms with Gasteiger partial charge in [-0.15, -0.1) is 0 Å². The largest absolute Gasteiger partial charge is 1.00 e. The molecule has 0 aliphatic heterocycles. The minimum absolute atomic E-state index is 0. The molecule has 14 heteroatoms. The van der Waals surface area contributed by atoms with Gasteiger partial charge < -0.3 is 24.2 Å². The van der Waals surface area contributed by atoms with Crippen LogP contribution >= 0.6 is 7.82 Å². The second kappa shape index (κ2) is 18.8. The quantitative estimate of drug-likeness (QED) is 0.154. The zero-order valence-electron chi connectivity index (χ0n) is 19.0. The predicted octanol–water partition coefficient (Wildman–Crippen LogP) is -7.57. The molecule has 0 radical (unpaired) electrons. The first-order valence-electron chi connectivity index (χ1n) is 9.04. The number of rotatable bonds is 13. The molecule has 1 aromatic rings. The first-order valence-corrected chi connectivity index (χ1v) is 12.4. The maximum Gasteiger partial charge on any atom is 1.00 e. The van der Waals surface area contributed by atoms with Crippen molar-refractivity contribution in [2.45, 2.75) is 51.5 Å². The van der Waals surface area contributed by atoms with Crippen LogP contribution in [0.3, 0.4) is 0 Å². The number of phosphoric acid groups is 1. The van der Waals surface area contributed by atoms with Gasteiger partial charge in [0.05, 0.1) is 26.7 Å². The standard InChI is InChI=1S/C17H29N2O7PS.3Na/c1-3-4-5-6-7-11-17(20)18-16(13-26-27(21,22)23)14-9-8-10-15(12-14)19-28(2,24)25;;;/h8-10,12,16,19H,3-7,11,13H2,1-2H3,(H,18,20)(H2,21,22,23);;;/q;3*+1/p-2. The fourth-order valence-electron chi connectivity index (χ4n) is 2.58. The van der Waals surface area contributed by atoms with Crippen LogP contribution in [0.4, 0.5) is 5.69 Å². The Kier molecular flexibility index (Phi) is 22.5. The molecule has 1 rings (SSSR count). The molecule has 0 bridgehead atoms. The van der Waals surface area contributed by atoms with E-state index < -0.39 is 30.5 Å². The topological polar surface area (TPSA) is 148 Å². The Bertz CT molecular complexity index is 794. The predicted molar refractivity (Wildman–Crippen MR) is 103 cm³/mol. The molecule has 0 saturated carbocycles. The molecule has 9 nitrogen and oxygen atoms in total. The number of amides is 1. The molecular weight excluding hydrogens is 476 g/mol. The van der Waals surface area contributed by atoms with E-state index in [2.05, 4.69) is 21.5 Å². The minimum atomic E-state index is -5.23. The van der Waals surface area contributed by atoms with Gasteiger partial charge in [-0.1, -0.05) is 44.7 Å². The van der Waals surface area contributed by atoms with Crippen LogP contribution < -0.4 is 108 Å². The zero-order valence-corrected chi connectivity index (χ0v) is 26.8. The van der Waals surface area contributed by atoms with Gasteiger partial charge in [0, 0.05) is 12.1 Å². The number of nitrogens with one attached hydrogen (secondary N) is 2. The normalized spacial score (nSPS) is 11.9. The number of sulfonamides is 1. The van der Waals surface area contributed by atoms with Gasteiger partial charge >= 0.3 is 88.7 Å². The van der Waals surface area contributed by atoms with Gasteiger partial charge in [-0.25, -0.2) is 8.42 Å². The maximum atomic E-state index is 12.2. The number of carbonyl (C=O) groups is 1. The van der Waals surface area contributed by atoms with E-state index in [0.29, 0.717) is 12.0 Å². The Morgan fingerprint density at radius 2 is 1.74 bits per heavy atom. The van der Waals surface area contributed by atoms with Gasteiger partial charge in [-0.2, -0.15) is 0 Å². The van der Waals surface area contributed by atoms with Gasteiger partial charge in [0.25, 0.3) is 0 Å². The molecule has 0 aromatic heterocycles. The van der Waals surface area contributed by atoms with Crippen LogP contribution in [0.15, 0.2) is 24.3 Å². The average Bonchev–Trinajstić information content (AvgIpc) is 2.56. The molecule has 2 N–H and O–H groups in total. The van der Waals surface area contributed by atoms with Crippen molar-refractivity contribution in [3.63, 3.8) is 0 Å². The van der Waals surface area contributed by atoms with Gasteiger partial charge in [0.1, 0.15) is 0 Å². The third-order valence-electron chi connectivity index (χ3n) is 3.83. The smallest absolute Gasteiger partial charge is 0.790 e. The van der Waals surface area contributed by atoms with E-state index in [1.54, 1.807) is 12.1 Å². The van der Waals surface area contributed by atoms with E-state index in [1.807, 2.05) is 0 Å². The number of benzene rings is 1. The van der Waals surface area contributed by atoms with E-state index >= 15 is 0 Å². The van der Waals surface area contributed by atoms with Crippen molar-refractivity contribution in [3.05, 3.63) is 29.8 Å². The number of unbranched alkanes of at least 4 members (excludes halogenated alkanes) is 4. The fourth-order valence-corrected chi connectivity index (χ4v) is 3.46. The molecule has 0 saturated heterocycles. The van der Waals surface area contributed by atoms with Crippen LogP contribution in [-0.2, 0) is 23.9 Å². The van der Waals surface area contributed by atoms with E-state index in [0.717, 1.165) is 31.9 Å². The van der Waals surface area contributed by atoms with E-state index in [4.69, 9.17) is 0 Å². The summed E-state index contributed by atoms with van der Waals surface area (Å²) in [5.41, 5.74) is 0.646. The summed E-state index contributed by atoms with van der Waals surface area (Å²) in [4.78, 5) is 33.8. The second-order valence-corrected chi connectivity index (χ2v) is 9.43. The summed E-state index contributed by atoms with van der Waals surface area (Å²) >= 11 is 0. The summed E-state index contributed by atoms with van der Waals surface area (Å²) in [7, 11) is -8.74. The summed E-state index contributed by atoms with van der Waals surface area (Å²) in [5.74, 6) is -0.307. The molecule has 1 amide bonds. The van der Waals surface area contributed by atoms with E-state index in [-0.39, 0.29) is 107 Å². The molecule has 1 aromatic carbocycles. The van der Waals surface area contributed by atoms with Crippen LogP contribution in [0.5, 0.6) is 0 Å². The fraction of sp³-hybridized carbons (Fsp3) is 0.588. The van der Waals surface area contributed by atoms with Crippen LogP contribution in [0, 0.1) is 0 Å². The van der Waals surface area contributed by atoms with Crippen molar-refractivity contribution in [3.8, 4) is 0 Å². The Hall–Kier alpha value is 1.55. The first kappa shape index (κ1) is 37.1. The molecule has 0 fully saturated rings. The number of hydrogen-bond donors (Lipinski definition) is 2. The van der Waals surface area contributed by atoms with Gasteiger partial charge in [0.2, 0.25) is 15.9 Å². The molecule has 1 atom stereocenters. The number of hydrogen-bond acceptors (Lipinski definition) is 7. The van der Waals surface area contributed by atoms with Crippen molar-refractivity contribution in [1.29, 1.82) is 0 Å². The van der Waals surface area contributed by atoms with Gasteiger partial charge in [0.15, 0.2) is 0 Å². The summed E-state index contributed by atoms with van der Waals surface area (Å²) in [5, 5.41) is 2.65. The summed E-state index contributed by atoms with van der Waals surface area (Å²) < 4.78 is 40.2. The van der Waals surface area contributed by atoms with Gasteiger partial charge in [-0.05, 0) is 24.1 Å². The summed E-state index contributed by atoms with van der Waals surface area (Å²) in [6, 6.07) is 5.14. The molecular formula is C17H27N2Na3O7PS+. The third kappa shape index (κ3) is 19.5. The monoisotopic (exact) mass is 503 g/mol. The Morgan fingerprint density at radius 1 is 1.13 bits per heavy atom. The van der Waals surface area contributed by atoms with E-state index in [9.17, 15) is 27.6 Å². The van der Waals surface area contributed by atoms with Crippen LogP contribution in [-0.4, -0.2) is 27.2 Å². The molecule has 0 aliphatic rings. The molecule has 0 spiro atoms. The SMILES string of the molecule is CCCCCCCC(=O)NC(COP(=O)([O-])[O-])c1cccc(NS(C)(=O)=O)c1.[Na+].[Na+].[Na+]. The van der Waals surface area contributed by atoms with Crippen molar-refractivity contribution in [1.82, 2.24) is 5.32 Å². The van der Waals surface area contributed by atoms with E-state index in [1.165, 1.54) is 12.1 Å². The number of phosphoric ester groups is 1. The van der Waals surface area contributed by atoms with Crippen molar-refractivity contribution in [2.24, 2.45) is 0 Å². The van der Waals surface area contributed by atoms with Gasteiger partial charge in [-0.3, -0.25) is 9.52 Å². The number of carbonyl (C=O) groups excluding carboxylic acids is 1. The Balaban J connectivity index is -0.00000261. The third-order valence-corrected chi connectivity index (χ3v) is 4.91. The Labute approximate surface area is 251 Å². The van der Waals surface area contributed by atoms with Crippen molar-refractivity contribution < 1.29 is 121 Å². The van der Waals surface area contributed by atoms with Crippen LogP contribution in [0.25, 0.3) is 0 Å². The molecule has 160 valence electrons. The summed E-state index contributed by atoms with van der Waals surface area (Å²) in [6.45, 7) is 1.52. The minimum Gasteiger partial charge on any atom is -0.790 e. The first-order chi connectivity index (χ1) is 13.0. The molecule has 0 heterocycles. The molecule has 1 unspecified atom stereocenters. The molecule has 31 heavy (non-hydrogen) atoms. The molecule has 0 aliphatic carbocycles. The second-order valence-electron chi connectivity index (χ2n) is 6.53. The maximum absolute atomic E-state index is 12.2. The van der Waals surface area contributed by atoms with Crippen molar-refractivity contribution in [2.75, 3.05) is 17.6 Å². The average molecular weight is 503 g/mol. The zero-order chi connectivity index (χ0) is 21.2.